The smallest absolute Gasteiger partial charge is 0.337 e. The highest BCUT2D eigenvalue weighted by atomic mass is 16.5. The van der Waals surface area contributed by atoms with E-state index in [-0.39, 0.29) is 5.56 Å². The number of carbonyl (C=O) groups is 1. The van der Waals surface area contributed by atoms with Crippen LogP contribution in [0.4, 0.5) is 0 Å². The number of imidazole rings is 1. The topological polar surface area (TPSA) is 77.2 Å². The van der Waals surface area contributed by atoms with E-state index in [1.807, 2.05) is 22.8 Å². The van der Waals surface area contributed by atoms with E-state index in [9.17, 15) is 9.90 Å². The monoisotopic (exact) mass is 283 g/mol. The van der Waals surface area contributed by atoms with E-state index in [0.29, 0.717) is 17.9 Å². The Bertz CT molecular complexity index is 811. The fourth-order valence-corrected chi connectivity index (χ4v) is 2.24. The SMILES string of the molecule is COc1cc(Cn2cnc3c(C(=O)O)cccc32)ccn1. The molecule has 0 atom stereocenters. The number of carboxylic acids is 1. The molecule has 1 N–H and O–H groups in total. The van der Waals surface area contributed by atoms with Gasteiger partial charge in [-0.2, -0.15) is 0 Å². The van der Waals surface area contributed by atoms with Crippen molar-refractivity contribution >= 4 is 17.0 Å². The maximum Gasteiger partial charge on any atom is 0.337 e. The molecule has 106 valence electrons. The first-order chi connectivity index (χ1) is 10.2. The van der Waals surface area contributed by atoms with Gasteiger partial charge in [0, 0.05) is 18.8 Å². The third-order valence-electron chi connectivity index (χ3n) is 3.24. The number of aromatic nitrogens is 3. The van der Waals surface area contributed by atoms with Crippen molar-refractivity contribution in [3.63, 3.8) is 0 Å². The molecule has 0 bridgehead atoms. The maximum atomic E-state index is 11.2. The summed E-state index contributed by atoms with van der Waals surface area (Å²) in [6.07, 6.45) is 3.32. The zero-order valence-electron chi connectivity index (χ0n) is 11.4. The van der Waals surface area contributed by atoms with Gasteiger partial charge in [-0.15, -0.1) is 0 Å². The van der Waals surface area contributed by atoms with Crippen LogP contribution in [-0.4, -0.2) is 32.7 Å². The zero-order valence-corrected chi connectivity index (χ0v) is 11.4. The van der Waals surface area contributed by atoms with Crippen LogP contribution in [0, 0.1) is 0 Å². The van der Waals surface area contributed by atoms with E-state index >= 15 is 0 Å². The van der Waals surface area contributed by atoms with Gasteiger partial charge in [-0.1, -0.05) is 6.07 Å². The fourth-order valence-electron chi connectivity index (χ4n) is 2.24. The van der Waals surface area contributed by atoms with Crippen LogP contribution in [0.3, 0.4) is 0 Å². The third-order valence-corrected chi connectivity index (χ3v) is 3.24. The number of pyridine rings is 1. The molecule has 0 fully saturated rings. The first kappa shape index (κ1) is 13.1. The number of aromatic carboxylic acids is 1. The molecular weight excluding hydrogens is 270 g/mol. The first-order valence-electron chi connectivity index (χ1n) is 6.35. The summed E-state index contributed by atoms with van der Waals surface area (Å²) in [7, 11) is 1.57. The highest BCUT2D eigenvalue weighted by Crippen LogP contribution is 2.19. The lowest BCUT2D eigenvalue weighted by atomic mass is 10.2. The third kappa shape index (κ3) is 2.43. The minimum atomic E-state index is -0.976. The number of hydrogen-bond donors (Lipinski definition) is 1. The molecule has 0 amide bonds. The summed E-state index contributed by atoms with van der Waals surface area (Å²) in [5, 5.41) is 9.18. The number of fused-ring (bicyclic) bond motifs is 1. The molecule has 3 aromatic rings. The number of methoxy groups -OCH3 is 1. The normalized spacial score (nSPS) is 10.7. The van der Waals surface area contributed by atoms with Gasteiger partial charge in [0.15, 0.2) is 0 Å². The van der Waals surface area contributed by atoms with Gasteiger partial charge in [0.1, 0.15) is 5.52 Å². The first-order valence-corrected chi connectivity index (χ1v) is 6.35. The number of nitrogens with zero attached hydrogens (tertiary/aromatic N) is 3. The molecule has 2 heterocycles. The van der Waals surface area contributed by atoms with Gasteiger partial charge in [0.05, 0.1) is 24.5 Å². The van der Waals surface area contributed by atoms with E-state index in [4.69, 9.17) is 4.74 Å². The molecule has 6 nitrogen and oxygen atoms in total. The summed E-state index contributed by atoms with van der Waals surface area (Å²) in [4.78, 5) is 19.5. The van der Waals surface area contributed by atoms with Crippen LogP contribution >= 0.6 is 0 Å². The molecule has 0 unspecified atom stereocenters. The molecule has 21 heavy (non-hydrogen) atoms. The number of carboxylic acid groups (broad SMARTS) is 1. The van der Waals surface area contributed by atoms with Crippen molar-refractivity contribution in [1.29, 1.82) is 0 Å². The Morgan fingerprint density at radius 1 is 1.33 bits per heavy atom. The van der Waals surface area contributed by atoms with Crippen molar-refractivity contribution in [1.82, 2.24) is 14.5 Å². The quantitative estimate of drug-likeness (QED) is 0.794. The Morgan fingerprint density at radius 3 is 2.95 bits per heavy atom. The predicted molar refractivity (Wildman–Crippen MR) is 76.6 cm³/mol. The molecule has 0 aliphatic heterocycles. The zero-order chi connectivity index (χ0) is 14.8. The molecule has 0 saturated carbocycles. The molecule has 0 saturated heterocycles. The van der Waals surface area contributed by atoms with Gasteiger partial charge in [-0.25, -0.2) is 14.8 Å². The minimum absolute atomic E-state index is 0.207. The predicted octanol–water partition coefficient (Wildman–Crippen LogP) is 2.19. The van der Waals surface area contributed by atoms with E-state index in [1.165, 1.54) is 0 Å². The Balaban J connectivity index is 2.01. The van der Waals surface area contributed by atoms with Gasteiger partial charge in [0.25, 0.3) is 0 Å². The molecule has 6 heteroatoms. The van der Waals surface area contributed by atoms with Crippen LogP contribution in [0.15, 0.2) is 42.9 Å². The Morgan fingerprint density at radius 2 is 2.19 bits per heavy atom. The molecule has 0 aliphatic carbocycles. The van der Waals surface area contributed by atoms with Crippen LogP contribution in [-0.2, 0) is 6.54 Å². The van der Waals surface area contributed by atoms with Crippen molar-refractivity contribution in [2.45, 2.75) is 6.54 Å². The van der Waals surface area contributed by atoms with Gasteiger partial charge in [0.2, 0.25) is 5.88 Å². The van der Waals surface area contributed by atoms with Crippen molar-refractivity contribution in [3.8, 4) is 5.88 Å². The summed E-state index contributed by atoms with van der Waals surface area (Å²) in [6.45, 7) is 0.568. The molecule has 0 spiro atoms. The van der Waals surface area contributed by atoms with Crippen molar-refractivity contribution in [2.75, 3.05) is 7.11 Å². The summed E-state index contributed by atoms with van der Waals surface area (Å²) >= 11 is 0. The minimum Gasteiger partial charge on any atom is -0.481 e. The second-order valence-corrected chi connectivity index (χ2v) is 4.56. The Hall–Kier alpha value is -2.89. The highest BCUT2D eigenvalue weighted by Gasteiger charge is 2.12. The average Bonchev–Trinajstić information content (AvgIpc) is 2.90. The van der Waals surface area contributed by atoms with Crippen molar-refractivity contribution < 1.29 is 14.6 Å². The highest BCUT2D eigenvalue weighted by molar-refractivity contribution is 6.00. The maximum absolute atomic E-state index is 11.2. The summed E-state index contributed by atoms with van der Waals surface area (Å²) in [5.74, 6) is -0.431. The van der Waals surface area contributed by atoms with E-state index in [0.717, 1.165) is 11.1 Å². The van der Waals surface area contributed by atoms with E-state index in [2.05, 4.69) is 9.97 Å². The lowest BCUT2D eigenvalue weighted by molar-refractivity contribution is 0.0699. The summed E-state index contributed by atoms with van der Waals surface area (Å²) in [6, 6.07) is 8.85. The van der Waals surface area contributed by atoms with Gasteiger partial charge in [-0.05, 0) is 23.8 Å². The largest absolute Gasteiger partial charge is 0.481 e. The van der Waals surface area contributed by atoms with Crippen LogP contribution < -0.4 is 4.74 Å². The molecular formula is C15H13N3O3. The lowest BCUT2D eigenvalue weighted by Crippen LogP contribution is -2.00. The van der Waals surface area contributed by atoms with E-state index in [1.54, 1.807) is 31.8 Å². The van der Waals surface area contributed by atoms with Gasteiger partial charge in [-0.3, -0.25) is 0 Å². The van der Waals surface area contributed by atoms with Crippen molar-refractivity contribution in [2.24, 2.45) is 0 Å². The molecule has 1 aromatic carbocycles. The second kappa shape index (κ2) is 5.24. The number of hydrogen-bond acceptors (Lipinski definition) is 4. The Kier molecular flexibility index (Phi) is 3.27. The summed E-state index contributed by atoms with van der Waals surface area (Å²) < 4.78 is 7.00. The van der Waals surface area contributed by atoms with Crippen LogP contribution in [0.1, 0.15) is 15.9 Å². The van der Waals surface area contributed by atoms with Crippen molar-refractivity contribution in [3.05, 3.63) is 54.0 Å². The molecule has 2 aromatic heterocycles. The van der Waals surface area contributed by atoms with Crippen LogP contribution in [0.25, 0.3) is 11.0 Å². The standard InChI is InChI=1S/C15H13N3O3/c1-21-13-7-10(5-6-16-13)8-18-9-17-14-11(15(19)20)3-2-4-12(14)18/h2-7,9H,8H2,1H3,(H,19,20). The molecule has 0 radical (unpaired) electrons. The van der Waals surface area contributed by atoms with Gasteiger partial charge >= 0.3 is 5.97 Å². The lowest BCUT2D eigenvalue weighted by Gasteiger charge is -2.06. The Labute approximate surface area is 120 Å². The average molecular weight is 283 g/mol. The molecule has 0 aliphatic rings. The molecule has 3 rings (SSSR count). The van der Waals surface area contributed by atoms with Crippen LogP contribution in [0.2, 0.25) is 0 Å². The fraction of sp³-hybridized carbons (Fsp3) is 0.133. The number of benzene rings is 1. The van der Waals surface area contributed by atoms with Crippen LogP contribution in [0.5, 0.6) is 5.88 Å². The van der Waals surface area contributed by atoms with E-state index < -0.39 is 5.97 Å². The summed E-state index contributed by atoms with van der Waals surface area (Å²) in [5.41, 5.74) is 2.48. The number of ether oxygens (including phenoxy) is 1. The number of rotatable bonds is 4. The van der Waals surface area contributed by atoms with Gasteiger partial charge < -0.3 is 14.4 Å². The second-order valence-electron chi connectivity index (χ2n) is 4.56. The number of para-hydroxylation sites is 1.